The molecule has 0 spiro atoms. The van der Waals surface area contributed by atoms with Gasteiger partial charge in [-0.1, -0.05) is 6.07 Å². The van der Waals surface area contributed by atoms with Gasteiger partial charge in [0.25, 0.3) is 5.91 Å². The molecule has 0 saturated heterocycles. The van der Waals surface area contributed by atoms with Crippen LogP contribution in [-0.2, 0) is 6.54 Å². The molecular formula is C16H15N5O. The van der Waals surface area contributed by atoms with Gasteiger partial charge in [0, 0.05) is 31.3 Å². The standard InChI is InChI=1S/C16H15N5O/c22-16(13-4-3-7-17-12-13)19-9-11-21-10-6-15(20-21)14-5-1-2-8-18-14/h1-8,10,12H,9,11H2,(H,19,22). The molecule has 0 bridgehead atoms. The quantitative estimate of drug-likeness (QED) is 0.778. The second-order valence-electron chi connectivity index (χ2n) is 4.68. The van der Waals surface area contributed by atoms with E-state index >= 15 is 0 Å². The molecule has 110 valence electrons. The highest BCUT2D eigenvalue weighted by Crippen LogP contribution is 2.12. The van der Waals surface area contributed by atoms with E-state index in [-0.39, 0.29) is 5.91 Å². The normalized spacial score (nSPS) is 10.4. The summed E-state index contributed by atoms with van der Waals surface area (Å²) in [6, 6.07) is 11.1. The summed E-state index contributed by atoms with van der Waals surface area (Å²) in [6.07, 6.45) is 6.80. The lowest BCUT2D eigenvalue weighted by molar-refractivity contribution is 0.0951. The SMILES string of the molecule is O=C(NCCn1ccc(-c2ccccn2)n1)c1cccnc1. The highest BCUT2D eigenvalue weighted by Gasteiger charge is 2.05. The smallest absolute Gasteiger partial charge is 0.252 e. The number of carbonyl (C=O) groups excluding carboxylic acids is 1. The summed E-state index contributed by atoms with van der Waals surface area (Å²) in [6.45, 7) is 1.09. The van der Waals surface area contributed by atoms with E-state index in [9.17, 15) is 4.79 Å². The molecule has 1 N–H and O–H groups in total. The first-order valence-corrected chi connectivity index (χ1v) is 6.96. The Morgan fingerprint density at radius 3 is 2.82 bits per heavy atom. The van der Waals surface area contributed by atoms with Gasteiger partial charge in [-0.05, 0) is 30.3 Å². The van der Waals surface area contributed by atoms with Crippen LogP contribution in [0.1, 0.15) is 10.4 Å². The van der Waals surface area contributed by atoms with Gasteiger partial charge in [0.05, 0.1) is 17.8 Å². The maximum Gasteiger partial charge on any atom is 0.252 e. The number of pyridine rings is 2. The number of rotatable bonds is 5. The van der Waals surface area contributed by atoms with Gasteiger partial charge in [-0.15, -0.1) is 0 Å². The lowest BCUT2D eigenvalue weighted by Crippen LogP contribution is -2.27. The molecule has 3 rings (SSSR count). The van der Waals surface area contributed by atoms with Crippen LogP contribution in [-0.4, -0.2) is 32.2 Å². The summed E-state index contributed by atoms with van der Waals surface area (Å²) in [4.78, 5) is 20.1. The molecule has 0 aromatic carbocycles. The molecule has 22 heavy (non-hydrogen) atoms. The third kappa shape index (κ3) is 3.35. The van der Waals surface area contributed by atoms with Crippen LogP contribution in [0.2, 0.25) is 0 Å². The first-order chi connectivity index (χ1) is 10.8. The Bertz CT molecular complexity index is 739. The van der Waals surface area contributed by atoms with Crippen LogP contribution in [0.15, 0.2) is 61.2 Å². The van der Waals surface area contributed by atoms with Crippen LogP contribution in [0.3, 0.4) is 0 Å². The monoisotopic (exact) mass is 293 g/mol. The number of nitrogens with one attached hydrogen (secondary N) is 1. The average Bonchev–Trinajstić information content (AvgIpc) is 3.05. The van der Waals surface area contributed by atoms with Crippen LogP contribution in [0, 0.1) is 0 Å². The molecule has 0 aliphatic heterocycles. The zero-order chi connectivity index (χ0) is 15.2. The summed E-state index contributed by atoms with van der Waals surface area (Å²) < 4.78 is 1.79. The lowest BCUT2D eigenvalue weighted by atomic mass is 10.3. The summed E-state index contributed by atoms with van der Waals surface area (Å²) >= 11 is 0. The van der Waals surface area contributed by atoms with E-state index in [0.29, 0.717) is 18.7 Å². The predicted octanol–water partition coefficient (Wildman–Crippen LogP) is 1.77. The molecule has 3 aromatic rings. The number of hydrogen-bond acceptors (Lipinski definition) is 4. The first-order valence-electron chi connectivity index (χ1n) is 6.96. The maximum atomic E-state index is 11.9. The summed E-state index contributed by atoms with van der Waals surface area (Å²) in [7, 11) is 0. The van der Waals surface area contributed by atoms with Crippen molar-refractivity contribution < 1.29 is 4.79 Å². The van der Waals surface area contributed by atoms with Gasteiger partial charge < -0.3 is 5.32 Å². The van der Waals surface area contributed by atoms with Crippen LogP contribution in [0.4, 0.5) is 0 Å². The Hall–Kier alpha value is -3.02. The van der Waals surface area contributed by atoms with Crippen molar-refractivity contribution in [1.82, 2.24) is 25.1 Å². The molecule has 6 heteroatoms. The van der Waals surface area contributed by atoms with E-state index < -0.39 is 0 Å². The lowest BCUT2D eigenvalue weighted by Gasteiger charge is -2.05. The first kappa shape index (κ1) is 13.9. The van der Waals surface area contributed by atoms with Crippen LogP contribution >= 0.6 is 0 Å². The Morgan fingerprint density at radius 1 is 1.09 bits per heavy atom. The number of carbonyl (C=O) groups is 1. The van der Waals surface area contributed by atoms with Gasteiger partial charge >= 0.3 is 0 Å². The number of amides is 1. The molecule has 0 aliphatic rings. The fourth-order valence-electron chi connectivity index (χ4n) is 2.02. The molecule has 0 fully saturated rings. The highest BCUT2D eigenvalue weighted by molar-refractivity contribution is 5.93. The van der Waals surface area contributed by atoms with Crippen molar-refractivity contribution in [3.8, 4) is 11.4 Å². The number of hydrogen-bond donors (Lipinski definition) is 1. The number of nitrogens with zero attached hydrogens (tertiary/aromatic N) is 4. The van der Waals surface area contributed by atoms with Gasteiger partial charge in [0.1, 0.15) is 5.69 Å². The summed E-state index contributed by atoms with van der Waals surface area (Å²) in [5.74, 6) is -0.134. The topological polar surface area (TPSA) is 72.7 Å². The minimum atomic E-state index is -0.134. The molecule has 3 heterocycles. The van der Waals surface area contributed by atoms with Gasteiger partial charge in [0.15, 0.2) is 0 Å². The molecule has 3 aromatic heterocycles. The van der Waals surface area contributed by atoms with Crippen molar-refractivity contribution in [1.29, 1.82) is 0 Å². The van der Waals surface area contributed by atoms with Crippen molar-refractivity contribution in [2.45, 2.75) is 6.54 Å². The Balaban J connectivity index is 1.55. The van der Waals surface area contributed by atoms with Crippen LogP contribution in [0.25, 0.3) is 11.4 Å². The molecule has 0 radical (unpaired) electrons. The van der Waals surface area contributed by atoms with Crippen molar-refractivity contribution >= 4 is 5.91 Å². The molecule has 0 atom stereocenters. The zero-order valence-electron chi connectivity index (χ0n) is 11.9. The van der Waals surface area contributed by atoms with E-state index in [1.807, 2.05) is 30.5 Å². The summed E-state index contributed by atoms with van der Waals surface area (Å²) in [5, 5.41) is 7.28. The van der Waals surface area contributed by atoms with Crippen molar-refractivity contribution in [2.75, 3.05) is 6.54 Å². The fourth-order valence-corrected chi connectivity index (χ4v) is 2.02. The van der Waals surface area contributed by atoms with E-state index in [4.69, 9.17) is 0 Å². The van der Waals surface area contributed by atoms with Crippen LogP contribution < -0.4 is 5.32 Å². The van der Waals surface area contributed by atoms with Crippen LogP contribution in [0.5, 0.6) is 0 Å². The summed E-state index contributed by atoms with van der Waals surface area (Å²) in [5.41, 5.74) is 2.21. The van der Waals surface area contributed by atoms with E-state index in [2.05, 4.69) is 20.4 Å². The third-order valence-electron chi connectivity index (χ3n) is 3.12. The minimum Gasteiger partial charge on any atom is -0.350 e. The molecule has 1 amide bonds. The van der Waals surface area contributed by atoms with Crippen molar-refractivity contribution in [2.24, 2.45) is 0 Å². The molecule has 0 saturated carbocycles. The second kappa shape index (κ2) is 6.62. The molecule has 0 unspecified atom stereocenters. The molecule has 6 nitrogen and oxygen atoms in total. The second-order valence-corrected chi connectivity index (χ2v) is 4.68. The highest BCUT2D eigenvalue weighted by atomic mass is 16.1. The number of aromatic nitrogens is 4. The average molecular weight is 293 g/mol. The van der Waals surface area contributed by atoms with Gasteiger partial charge in [-0.25, -0.2) is 0 Å². The van der Waals surface area contributed by atoms with E-state index in [1.54, 1.807) is 35.4 Å². The van der Waals surface area contributed by atoms with Gasteiger partial charge in [-0.2, -0.15) is 5.10 Å². The Labute approximate surface area is 127 Å². The molecule has 0 aliphatic carbocycles. The van der Waals surface area contributed by atoms with Gasteiger partial charge in [0.2, 0.25) is 0 Å². The van der Waals surface area contributed by atoms with Gasteiger partial charge in [-0.3, -0.25) is 19.4 Å². The maximum absolute atomic E-state index is 11.9. The van der Waals surface area contributed by atoms with Crippen molar-refractivity contribution in [3.63, 3.8) is 0 Å². The predicted molar refractivity (Wildman–Crippen MR) is 82.0 cm³/mol. The Morgan fingerprint density at radius 2 is 2.05 bits per heavy atom. The minimum absolute atomic E-state index is 0.134. The van der Waals surface area contributed by atoms with E-state index in [1.165, 1.54) is 0 Å². The Kier molecular flexibility index (Phi) is 4.20. The third-order valence-corrected chi connectivity index (χ3v) is 3.12. The largest absolute Gasteiger partial charge is 0.350 e. The molecular weight excluding hydrogens is 278 g/mol. The van der Waals surface area contributed by atoms with Crippen molar-refractivity contribution in [3.05, 3.63) is 66.7 Å². The zero-order valence-corrected chi connectivity index (χ0v) is 11.9. The van der Waals surface area contributed by atoms with E-state index in [0.717, 1.165) is 11.4 Å². The fraction of sp³-hybridized carbons (Fsp3) is 0.125.